The van der Waals surface area contributed by atoms with E-state index in [0.717, 1.165) is 22.4 Å². The van der Waals surface area contributed by atoms with Crippen LogP contribution >= 0.6 is 15.9 Å². The van der Waals surface area contributed by atoms with E-state index in [1.54, 1.807) is 7.05 Å². The average molecular weight is 507 g/mol. The van der Waals surface area contributed by atoms with Crippen molar-refractivity contribution in [2.24, 2.45) is 12.2 Å². The predicted octanol–water partition coefficient (Wildman–Crippen LogP) is 4.72. The smallest absolute Gasteiger partial charge is 0.250 e. The number of halogens is 2. The zero-order chi connectivity index (χ0) is 22.8. The molecule has 0 aliphatic heterocycles. The summed E-state index contributed by atoms with van der Waals surface area (Å²) < 4.78 is 40.9. The molecular formula is C22H20BrFN2O4S. The zero-order valence-electron chi connectivity index (χ0n) is 16.8. The molecule has 3 rings (SSSR count). The Hall–Kier alpha value is -2.65. The summed E-state index contributed by atoms with van der Waals surface area (Å²) in [4.78, 5) is 23.3. The second kappa shape index (κ2) is 9.23. The second-order valence-corrected chi connectivity index (χ2v) is 10.2. The van der Waals surface area contributed by atoms with Gasteiger partial charge in [0, 0.05) is 36.0 Å². The molecule has 6 nitrogen and oxygen atoms in total. The van der Waals surface area contributed by atoms with Crippen molar-refractivity contribution in [3.63, 3.8) is 0 Å². The van der Waals surface area contributed by atoms with E-state index in [9.17, 15) is 22.5 Å². The van der Waals surface area contributed by atoms with Gasteiger partial charge < -0.3 is 4.57 Å². The van der Waals surface area contributed by atoms with Gasteiger partial charge in [0.2, 0.25) is 5.56 Å². The van der Waals surface area contributed by atoms with Crippen LogP contribution < -0.4 is 5.56 Å². The number of nitroso groups, excluding NO2 is 1. The lowest BCUT2D eigenvalue weighted by molar-refractivity contribution is 0.568. The molecule has 31 heavy (non-hydrogen) atoms. The normalized spacial score (nSPS) is 13.5. The highest BCUT2D eigenvalue weighted by molar-refractivity contribution is 9.10. The van der Waals surface area contributed by atoms with E-state index in [0.29, 0.717) is 11.1 Å². The molecule has 0 saturated heterocycles. The molecule has 0 saturated carbocycles. The summed E-state index contributed by atoms with van der Waals surface area (Å²) in [6, 6.07) is 12.9. The van der Waals surface area contributed by atoms with E-state index in [2.05, 4.69) is 21.1 Å². The van der Waals surface area contributed by atoms with Crippen LogP contribution in [0.4, 0.5) is 4.39 Å². The predicted molar refractivity (Wildman–Crippen MR) is 120 cm³/mol. The van der Waals surface area contributed by atoms with Gasteiger partial charge in [-0.1, -0.05) is 39.3 Å². The Kier molecular flexibility index (Phi) is 6.86. The van der Waals surface area contributed by atoms with Gasteiger partial charge in [-0.25, -0.2) is 12.8 Å². The number of pyridine rings is 1. The third kappa shape index (κ3) is 5.34. The number of sulfone groups is 1. The van der Waals surface area contributed by atoms with Crippen LogP contribution in [0.2, 0.25) is 0 Å². The van der Waals surface area contributed by atoms with Gasteiger partial charge in [0.15, 0.2) is 9.84 Å². The van der Waals surface area contributed by atoms with Crippen molar-refractivity contribution in [2.75, 3.05) is 6.26 Å². The molecule has 0 spiro atoms. The molecule has 2 unspecified atom stereocenters. The lowest BCUT2D eigenvalue weighted by Gasteiger charge is -2.23. The Morgan fingerprint density at radius 1 is 1.06 bits per heavy atom. The summed E-state index contributed by atoms with van der Waals surface area (Å²) in [7, 11) is -2.17. The first-order valence-corrected chi connectivity index (χ1v) is 12.0. The van der Waals surface area contributed by atoms with Crippen molar-refractivity contribution in [3.05, 3.63) is 103 Å². The maximum absolute atomic E-state index is 13.9. The summed E-state index contributed by atoms with van der Waals surface area (Å²) in [6.07, 6.45) is 2.69. The van der Waals surface area contributed by atoms with E-state index in [1.165, 1.54) is 35.0 Å². The lowest BCUT2D eigenvalue weighted by atomic mass is 9.84. The Bertz CT molecular complexity index is 1270. The molecule has 1 aromatic heterocycles. The Morgan fingerprint density at radius 3 is 2.29 bits per heavy atom. The second-order valence-electron chi connectivity index (χ2n) is 7.33. The van der Waals surface area contributed by atoms with E-state index in [-0.39, 0.29) is 16.9 Å². The molecule has 0 amide bonds. The fourth-order valence-corrected chi connectivity index (χ4v) is 4.76. The molecule has 2 aromatic carbocycles. The van der Waals surface area contributed by atoms with Gasteiger partial charge in [-0.2, -0.15) is 4.91 Å². The topological polar surface area (TPSA) is 85.6 Å². The van der Waals surface area contributed by atoms with Crippen LogP contribution in [0.25, 0.3) is 0 Å². The third-order valence-electron chi connectivity index (χ3n) is 5.10. The quantitative estimate of drug-likeness (QED) is 0.433. The molecule has 1 heterocycles. The minimum absolute atomic E-state index is 0.134. The fraction of sp³-hybridized carbons (Fsp3) is 0.227. The number of aryl methyl sites for hydroxylation is 1. The van der Waals surface area contributed by atoms with Crippen LogP contribution in [-0.2, 0) is 16.9 Å². The van der Waals surface area contributed by atoms with E-state index in [4.69, 9.17) is 0 Å². The van der Waals surface area contributed by atoms with Crippen molar-refractivity contribution in [1.29, 1.82) is 0 Å². The number of nitrogens with zero attached hydrogens (tertiary/aromatic N) is 2. The largest absolute Gasteiger partial charge is 0.318 e. The molecule has 2 atom stereocenters. The van der Waals surface area contributed by atoms with Gasteiger partial charge in [-0.15, -0.1) is 0 Å². The van der Waals surface area contributed by atoms with E-state index in [1.807, 2.05) is 24.3 Å². The van der Waals surface area contributed by atoms with Gasteiger partial charge in [0.05, 0.1) is 4.90 Å². The highest BCUT2D eigenvalue weighted by Crippen LogP contribution is 2.38. The average Bonchev–Trinajstić information content (AvgIpc) is 2.72. The first-order valence-electron chi connectivity index (χ1n) is 9.34. The van der Waals surface area contributed by atoms with Gasteiger partial charge in [-0.05, 0) is 53.4 Å². The van der Waals surface area contributed by atoms with Gasteiger partial charge in [-0.3, -0.25) is 4.79 Å². The maximum atomic E-state index is 13.9. The number of benzene rings is 2. The number of hydrogen-bond donors (Lipinski definition) is 0. The fourth-order valence-electron chi connectivity index (χ4n) is 3.53. The Morgan fingerprint density at radius 2 is 1.71 bits per heavy atom. The highest BCUT2D eigenvalue weighted by atomic mass is 79.9. The molecule has 0 fully saturated rings. The molecule has 0 N–H and O–H groups in total. The Balaban J connectivity index is 2.16. The van der Waals surface area contributed by atoms with Crippen LogP contribution in [0.5, 0.6) is 0 Å². The molecule has 162 valence electrons. The molecule has 3 aromatic rings. The summed E-state index contributed by atoms with van der Waals surface area (Å²) >= 11 is 3.38. The van der Waals surface area contributed by atoms with Crippen LogP contribution in [0, 0.1) is 10.7 Å². The monoisotopic (exact) mass is 506 g/mol. The highest BCUT2D eigenvalue weighted by Gasteiger charge is 2.27. The first kappa shape index (κ1) is 23.0. The summed E-state index contributed by atoms with van der Waals surface area (Å²) in [5.41, 5.74) is 1.43. The van der Waals surface area contributed by atoms with Crippen molar-refractivity contribution in [1.82, 2.24) is 4.57 Å². The minimum Gasteiger partial charge on any atom is -0.318 e. The van der Waals surface area contributed by atoms with Crippen LogP contribution in [0.1, 0.15) is 35.1 Å². The molecule has 0 radical (unpaired) electrons. The zero-order valence-corrected chi connectivity index (χ0v) is 19.2. The standard InChI is InChI=1S/C22H20BrFN2O4S/c1-26-13-15(5-10-22(26)27)20(25-28)12-19(14-3-6-16(23)7-4-14)18-9-8-17(24)11-21(18)31(2,29)30/h3-11,13,19-20H,12H2,1-2H3. The molecule has 9 heteroatoms. The summed E-state index contributed by atoms with van der Waals surface area (Å²) in [5, 5.41) is 3.25. The lowest BCUT2D eigenvalue weighted by Crippen LogP contribution is -2.17. The van der Waals surface area contributed by atoms with Crippen molar-refractivity contribution in [3.8, 4) is 0 Å². The first-order chi connectivity index (χ1) is 14.6. The summed E-state index contributed by atoms with van der Waals surface area (Å²) in [5.74, 6) is -1.22. The molecule has 0 aliphatic carbocycles. The Labute approximate surface area is 187 Å². The minimum atomic E-state index is -3.74. The number of aromatic nitrogens is 1. The van der Waals surface area contributed by atoms with Gasteiger partial charge in [0.1, 0.15) is 11.9 Å². The van der Waals surface area contributed by atoms with Gasteiger partial charge >= 0.3 is 0 Å². The SMILES string of the molecule is Cn1cc(C(CC(c2ccc(Br)cc2)c2ccc(F)cc2S(C)(=O)=O)N=O)ccc1=O. The van der Waals surface area contributed by atoms with Crippen LogP contribution in [0.3, 0.4) is 0 Å². The van der Waals surface area contributed by atoms with Gasteiger partial charge in [0.25, 0.3) is 0 Å². The third-order valence-corrected chi connectivity index (χ3v) is 6.78. The number of rotatable bonds is 7. The van der Waals surface area contributed by atoms with Crippen molar-refractivity contribution < 1.29 is 12.8 Å². The molecular weight excluding hydrogens is 487 g/mol. The van der Waals surface area contributed by atoms with Crippen LogP contribution in [0.15, 0.2) is 80.1 Å². The summed E-state index contributed by atoms with van der Waals surface area (Å²) in [6.45, 7) is 0. The van der Waals surface area contributed by atoms with Crippen LogP contribution in [-0.4, -0.2) is 19.2 Å². The molecule has 0 aliphatic rings. The van der Waals surface area contributed by atoms with Crippen molar-refractivity contribution in [2.45, 2.75) is 23.3 Å². The number of hydrogen-bond acceptors (Lipinski definition) is 5. The van der Waals surface area contributed by atoms with E-state index >= 15 is 0 Å². The maximum Gasteiger partial charge on any atom is 0.250 e. The van der Waals surface area contributed by atoms with E-state index < -0.39 is 27.6 Å². The molecule has 0 bridgehead atoms. The van der Waals surface area contributed by atoms with Crippen molar-refractivity contribution >= 4 is 25.8 Å².